The van der Waals surface area contributed by atoms with Gasteiger partial charge in [0.15, 0.2) is 0 Å². The van der Waals surface area contributed by atoms with Gasteiger partial charge in [-0.1, -0.05) is 12.1 Å². The van der Waals surface area contributed by atoms with Crippen molar-refractivity contribution in [3.63, 3.8) is 0 Å². The van der Waals surface area contributed by atoms with Gasteiger partial charge < -0.3 is 10.2 Å². The third-order valence-corrected chi connectivity index (χ3v) is 5.85. The fraction of sp³-hybridized carbons (Fsp3) is 0.556. The van der Waals surface area contributed by atoms with Crippen LogP contribution in [0.5, 0.6) is 0 Å². The predicted octanol–water partition coefficient (Wildman–Crippen LogP) is 1.83. The molecule has 1 N–H and O–H groups in total. The number of carbonyl (C=O) groups excluding carboxylic acids is 2. The van der Waals surface area contributed by atoms with Gasteiger partial charge in [0.2, 0.25) is 5.91 Å². The van der Waals surface area contributed by atoms with E-state index in [1.54, 1.807) is 11.8 Å². The molecular weight excluding hydrogens is 322 g/mol. The average Bonchev–Trinajstić information content (AvgIpc) is 2.95. The highest BCUT2D eigenvalue weighted by molar-refractivity contribution is 7.98. The minimum Gasteiger partial charge on any atom is -0.349 e. The predicted molar refractivity (Wildman–Crippen MR) is 96.3 cm³/mol. The molecule has 0 saturated carbocycles. The lowest BCUT2D eigenvalue weighted by molar-refractivity contribution is -0.131. The Morgan fingerprint density at radius 1 is 1.17 bits per heavy atom. The SMILES string of the molecule is CSc1ccccc1C(=O)NC1CCN([C@H]2CCN(C)C2=O)CC1. The summed E-state index contributed by atoms with van der Waals surface area (Å²) in [5.74, 6) is 0.251. The quantitative estimate of drug-likeness (QED) is 0.845. The van der Waals surface area contributed by atoms with Crippen LogP contribution in [-0.2, 0) is 4.79 Å². The van der Waals surface area contributed by atoms with E-state index >= 15 is 0 Å². The molecule has 0 unspecified atom stereocenters. The highest BCUT2D eigenvalue weighted by Gasteiger charge is 2.35. The third-order valence-electron chi connectivity index (χ3n) is 5.06. The molecular formula is C18H25N3O2S. The van der Waals surface area contributed by atoms with Crippen LogP contribution in [0.15, 0.2) is 29.2 Å². The minimum atomic E-state index is 0.00933. The van der Waals surface area contributed by atoms with Gasteiger partial charge in [-0.3, -0.25) is 14.5 Å². The van der Waals surface area contributed by atoms with E-state index in [0.717, 1.165) is 49.4 Å². The van der Waals surface area contributed by atoms with Crippen LogP contribution in [0.3, 0.4) is 0 Å². The maximum Gasteiger partial charge on any atom is 0.252 e. The summed E-state index contributed by atoms with van der Waals surface area (Å²) in [4.78, 5) is 29.8. The van der Waals surface area contributed by atoms with E-state index in [-0.39, 0.29) is 23.9 Å². The van der Waals surface area contributed by atoms with Crippen LogP contribution < -0.4 is 5.32 Å². The van der Waals surface area contributed by atoms with Gasteiger partial charge >= 0.3 is 0 Å². The molecule has 24 heavy (non-hydrogen) atoms. The van der Waals surface area contributed by atoms with Crippen molar-refractivity contribution in [1.29, 1.82) is 0 Å². The maximum atomic E-state index is 12.5. The molecule has 0 bridgehead atoms. The molecule has 2 amide bonds. The van der Waals surface area contributed by atoms with Gasteiger partial charge in [-0.2, -0.15) is 0 Å². The van der Waals surface area contributed by atoms with Gasteiger partial charge in [-0.25, -0.2) is 0 Å². The fourth-order valence-corrected chi connectivity index (χ4v) is 4.19. The molecule has 2 saturated heterocycles. The van der Waals surface area contributed by atoms with E-state index in [9.17, 15) is 9.59 Å². The summed E-state index contributed by atoms with van der Waals surface area (Å²) < 4.78 is 0. The molecule has 2 aliphatic heterocycles. The lowest BCUT2D eigenvalue weighted by atomic mass is 10.0. The van der Waals surface area contributed by atoms with Crippen LogP contribution >= 0.6 is 11.8 Å². The van der Waals surface area contributed by atoms with Crippen LogP contribution in [0.25, 0.3) is 0 Å². The van der Waals surface area contributed by atoms with Gasteiger partial charge in [0.05, 0.1) is 11.6 Å². The van der Waals surface area contributed by atoms with E-state index in [1.807, 2.05) is 42.5 Å². The molecule has 2 aliphatic rings. The van der Waals surface area contributed by atoms with Crippen LogP contribution in [-0.4, -0.2) is 66.6 Å². The highest BCUT2D eigenvalue weighted by atomic mass is 32.2. The van der Waals surface area contributed by atoms with Crippen molar-refractivity contribution < 1.29 is 9.59 Å². The number of hydrogen-bond acceptors (Lipinski definition) is 4. The Labute approximate surface area is 147 Å². The Morgan fingerprint density at radius 3 is 2.50 bits per heavy atom. The first-order chi connectivity index (χ1) is 11.6. The first-order valence-electron chi connectivity index (χ1n) is 8.53. The number of amides is 2. The van der Waals surface area contributed by atoms with Crippen LogP contribution in [0, 0.1) is 0 Å². The second-order valence-corrected chi connectivity index (χ2v) is 7.40. The number of carbonyl (C=O) groups is 2. The number of hydrogen-bond donors (Lipinski definition) is 1. The summed E-state index contributed by atoms with van der Waals surface area (Å²) in [5.41, 5.74) is 0.750. The second kappa shape index (κ2) is 7.57. The van der Waals surface area contributed by atoms with Crippen LogP contribution in [0.4, 0.5) is 0 Å². The van der Waals surface area contributed by atoms with Crippen molar-refractivity contribution in [1.82, 2.24) is 15.1 Å². The fourth-order valence-electron chi connectivity index (χ4n) is 3.59. The van der Waals surface area contributed by atoms with E-state index in [2.05, 4.69) is 10.2 Å². The number of piperidine rings is 1. The van der Waals surface area contributed by atoms with Gasteiger partial charge in [0.25, 0.3) is 5.91 Å². The molecule has 130 valence electrons. The van der Waals surface area contributed by atoms with Crippen LogP contribution in [0.1, 0.15) is 29.6 Å². The maximum absolute atomic E-state index is 12.5. The summed E-state index contributed by atoms with van der Waals surface area (Å²) in [5, 5.41) is 3.17. The van der Waals surface area contributed by atoms with Gasteiger partial charge in [-0.05, 0) is 37.7 Å². The number of benzene rings is 1. The minimum absolute atomic E-state index is 0.00933. The summed E-state index contributed by atoms with van der Waals surface area (Å²) in [7, 11) is 1.87. The normalized spacial score (nSPS) is 22.8. The molecule has 2 heterocycles. The Hall–Kier alpha value is -1.53. The molecule has 3 rings (SSSR count). The Balaban J connectivity index is 1.54. The molecule has 0 spiro atoms. The van der Waals surface area contributed by atoms with E-state index < -0.39 is 0 Å². The van der Waals surface area contributed by atoms with Gasteiger partial charge in [0.1, 0.15) is 0 Å². The molecule has 0 radical (unpaired) electrons. The molecule has 1 atom stereocenters. The molecule has 0 aliphatic carbocycles. The Bertz CT molecular complexity index is 614. The molecule has 2 fully saturated rings. The van der Waals surface area contributed by atoms with E-state index in [1.165, 1.54) is 0 Å². The topological polar surface area (TPSA) is 52.7 Å². The van der Waals surface area contributed by atoms with Gasteiger partial charge in [0, 0.05) is 37.6 Å². The van der Waals surface area contributed by atoms with E-state index in [0.29, 0.717) is 0 Å². The summed E-state index contributed by atoms with van der Waals surface area (Å²) in [6, 6.07) is 7.95. The number of nitrogens with one attached hydrogen (secondary N) is 1. The molecule has 6 heteroatoms. The monoisotopic (exact) mass is 347 g/mol. The largest absolute Gasteiger partial charge is 0.349 e. The first kappa shape index (κ1) is 17.3. The zero-order valence-electron chi connectivity index (χ0n) is 14.3. The van der Waals surface area contributed by atoms with Crippen molar-refractivity contribution in [2.75, 3.05) is 32.9 Å². The Kier molecular flexibility index (Phi) is 5.46. The Morgan fingerprint density at radius 2 is 1.88 bits per heavy atom. The van der Waals surface area contributed by atoms with Crippen molar-refractivity contribution in [2.24, 2.45) is 0 Å². The summed E-state index contributed by atoms with van der Waals surface area (Å²) in [6.45, 7) is 2.60. The second-order valence-electron chi connectivity index (χ2n) is 6.55. The number of likely N-dealkylation sites (tertiary alicyclic amines) is 2. The number of thioether (sulfide) groups is 1. The summed E-state index contributed by atoms with van der Waals surface area (Å²) in [6.07, 6.45) is 4.72. The van der Waals surface area contributed by atoms with Crippen LogP contribution in [0.2, 0.25) is 0 Å². The van der Waals surface area contributed by atoms with Crippen molar-refractivity contribution in [3.8, 4) is 0 Å². The van der Waals surface area contributed by atoms with Crippen molar-refractivity contribution in [3.05, 3.63) is 29.8 Å². The highest BCUT2D eigenvalue weighted by Crippen LogP contribution is 2.22. The standard InChI is InChI=1S/C18H25N3O2S/c1-20-10-9-15(18(20)23)21-11-7-13(8-12-21)19-17(22)14-5-3-4-6-16(14)24-2/h3-6,13,15H,7-12H2,1-2H3,(H,19,22)/t15-/m0/s1. The first-order valence-corrected chi connectivity index (χ1v) is 9.75. The smallest absolute Gasteiger partial charge is 0.252 e. The molecule has 0 aromatic heterocycles. The molecule has 5 nitrogen and oxygen atoms in total. The van der Waals surface area contributed by atoms with Gasteiger partial charge in [-0.15, -0.1) is 11.8 Å². The zero-order valence-corrected chi connectivity index (χ0v) is 15.1. The lowest BCUT2D eigenvalue weighted by Crippen LogP contribution is -2.50. The molecule has 1 aromatic rings. The van der Waals surface area contributed by atoms with E-state index in [4.69, 9.17) is 0 Å². The number of rotatable bonds is 4. The number of likely N-dealkylation sites (N-methyl/N-ethyl adjacent to an activating group) is 1. The molecule has 1 aromatic carbocycles. The van der Waals surface area contributed by atoms with Crippen molar-refractivity contribution >= 4 is 23.6 Å². The number of nitrogens with zero attached hydrogens (tertiary/aromatic N) is 2. The zero-order chi connectivity index (χ0) is 17.1. The van der Waals surface area contributed by atoms with Crippen molar-refractivity contribution in [2.45, 2.75) is 36.2 Å². The average molecular weight is 347 g/mol. The summed E-state index contributed by atoms with van der Waals surface area (Å²) >= 11 is 1.59. The lowest BCUT2D eigenvalue weighted by Gasteiger charge is -2.35. The third kappa shape index (κ3) is 3.59.